The molecular formula is C15H26F3N. The van der Waals surface area contributed by atoms with Crippen LogP contribution in [0.3, 0.4) is 0 Å². The summed E-state index contributed by atoms with van der Waals surface area (Å²) in [5.41, 5.74) is 0. The van der Waals surface area contributed by atoms with E-state index in [1.807, 2.05) is 6.08 Å². The third-order valence-electron chi connectivity index (χ3n) is 4.09. The second kappa shape index (κ2) is 7.93. The Hall–Kier alpha value is -0.510. The summed E-state index contributed by atoms with van der Waals surface area (Å²) in [6, 6.07) is 0.211. The third kappa shape index (κ3) is 5.55. The Morgan fingerprint density at radius 3 is 2.68 bits per heavy atom. The SMILES string of the molecule is C=CCCC(NCCC)C1CCCC(C(F)(F)F)C1. The molecule has 0 aromatic carbocycles. The fourth-order valence-electron chi connectivity index (χ4n) is 3.02. The molecule has 0 aliphatic heterocycles. The molecule has 0 amide bonds. The van der Waals surface area contributed by atoms with Crippen molar-refractivity contribution >= 4 is 0 Å². The van der Waals surface area contributed by atoms with Crippen molar-refractivity contribution in [2.24, 2.45) is 11.8 Å². The number of hydrogen-bond acceptors (Lipinski definition) is 1. The average molecular weight is 277 g/mol. The first kappa shape index (κ1) is 16.5. The van der Waals surface area contributed by atoms with E-state index in [2.05, 4.69) is 18.8 Å². The van der Waals surface area contributed by atoms with Crippen molar-refractivity contribution in [3.63, 3.8) is 0 Å². The van der Waals surface area contributed by atoms with Gasteiger partial charge in [-0.15, -0.1) is 6.58 Å². The lowest BCUT2D eigenvalue weighted by Crippen LogP contribution is -2.41. The highest BCUT2D eigenvalue weighted by atomic mass is 19.4. The van der Waals surface area contributed by atoms with Crippen molar-refractivity contribution in [1.82, 2.24) is 5.32 Å². The number of nitrogens with one attached hydrogen (secondary N) is 1. The van der Waals surface area contributed by atoms with Gasteiger partial charge in [0.1, 0.15) is 0 Å². The molecule has 0 saturated heterocycles. The van der Waals surface area contributed by atoms with E-state index in [1.54, 1.807) is 0 Å². The maximum atomic E-state index is 12.8. The van der Waals surface area contributed by atoms with Gasteiger partial charge in [0.2, 0.25) is 0 Å². The Morgan fingerprint density at radius 1 is 1.37 bits per heavy atom. The van der Waals surface area contributed by atoms with E-state index in [4.69, 9.17) is 0 Å². The van der Waals surface area contributed by atoms with E-state index in [1.165, 1.54) is 0 Å². The van der Waals surface area contributed by atoms with Crippen LogP contribution in [0.2, 0.25) is 0 Å². The predicted octanol–water partition coefficient (Wildman–Crippen LogP) is 4.69. The summed E-state index contributed by atoms with van der Waals surface area (Å²) in [4.78, 5) is 0. The van der Waals surface area contributed by atoms with Gasteiger partial charge in [-0.3, -0.25) is 0 Å². The smallest absolute Gasteiger partial charge is 0.314 e. The van der Waals surface area contributed by atoms with E-state index in [0.29, 0.717) is 19.3 Å². The Bertz CT molecular complexity index is 263. The minimum Gasteiger partial charge on any atom is -0.314 e. The quantitative estimate of drug-likeness (QED) is 0.666. The number of allylic oxidation sites excluding steroid dienone is 1. The number of alkyl halides is 3. The zero-order valence-electron chi connectivity index (χ0n) is 11.8. The molecule has 0 spiro atoms. The minimum absolute atomic E-state index is 0.159. The molecule has 1 aliphatic rings. The Balaban J connectivity index is 2.58. The van der Waals surface area contributed by atoms with Crippen LogP contribution in [0.1, 0.15) is 51.9 Å². The largest absolute Gasteiger partial charge is 0.391 e. The first-order valence-electron chi connectivity index (χ1n) is 7.40. The zero-order valence-corrected chi connectivity index (χ0v) is 11.8. The molecule has 0 aromatic heterocycles. The zero-order chi connectivity index (χ0) is 14.3. The minimum atomic E-state index is -4.02. The average Bonchev–Trinajstić information content (AvgIpc) is 2.38. The Labute approximate surface area is 114 Å². The van der Waals surface area contributed by atoms with E-state index in [9.17, 15) is 13.2 Å². The third-order valence-corrected chi connectivity index (χ3v) is 4.09. The summed E-state index contributed by atoms with van der Waals surface area (Å²) in [7, 11) is 0. The predicted molar refractivity (Wildman–Crippen MR) is 73.0 cm³/mol. The summed E-state index contributed by atoms with van der Waals surface area (Å²) in [5, 5.41) is 3.43. The van der Waals surface area contributed by atoms with Crippen LogP contribution in [0.4, 0.5) is 13.2 Å². The molecule has 0 aromatic rings. The van der Waals surface area contributed by atoms with Crippen LogP contribution in [0.15, 0.2) is 12.7 Å². The van der Waals surface area contributed by atoms with Gasteiger partial charge in [0.05, 0.1) is 5.92 Å². The highest BCUT2D eigenvalue weighted by molar-refractivity contribution is 4.86. The molecule has 1 N–H and O–H groups in total. The molecule has 0 heterocycles. The summed E-state index contributed by atoms with van der Waals surface area (Å²) in [5.74, 6) is -0.937. The summed E-state index contributed by atoms with van der Waals surface area (Å²) < 4.78 is 38.5. The molecule has 3 atom stereocenters. The summed E-state index contributed by atoms with van der Waals surface area (Å²) in [6.07, 6.45) is 2.84. The highest BCUT2D eigenvalue weighted by Gasteiger charge is 2.43. The molecule has 0 bridgehead atoms. The van der Waals surface area contributed by atoms with Gasteiger partial charge in [0, 0.05) is 6.04 Å². The standard InChI is InChI=1S/C15H26F3N/c1-3-5-9-14(19-10-4-2)12-7-6-8-13(11-12)15(16,17)18/h3,12-14,19H,1,4-11H2,2H3. The number of halogens is 3. The van der Waals surface area contributed by atoms with Gasteiger partial charge >= 0.3 is 6.18 Å². The van der Waals surface area contributed by atoms with Crippen molar-refractivity contribution in [3.05, 3.63) is 12.7 Å². The maximum Gasteiger partial charge on any atom is 0.391 e. The van der Waals surface area contributed by atoms with Crippen molar-refractivity contribution < 1.29 is 13.2 Å². The molecule has 1 rings (SSSR count). The van der Waals surface area contributed by atoms with E-state index < -0.39 is 12.1 Å². The lowest BCUT2D eigenvalue weighted by atomic mass is 9.76. The first-order chi connectivity index (χ1) is 8.99. The molecule has 3 unspecified atom stereocenters. The Morgan fingerprint density at radius 2 is 2.11 bits per heavy atom. The number of rotatable bonds is 7. The first-order valence-corrected chi connectivity index (χ1v) is 7.40. The van der Waals surface area contributed by atoms with Crippen LogP contribution in [0.25, 0.3) is 0 Å². The Kier molecular flexibility index (Phi) is 6.90. The highest BCUT2D eigenvalue weighted by Crippen LogP contribution is 2.41. The molecule has 1 saturated carbocycles. The van der Waals surface area contributed by atoms with Crippen LogP contribution < -0.4 is 5.32 Å². The van der Waals surface area contributed by atoms with Crippen molar-refractivity contribution in [2.75, 3.05) is 6.54 Å². The summed E-state index contributed by atoms with van der Waals surface area (Å²) >= 11 is 0. The fourth-order valence-corrected chi connectivity index (χ4v) is 3.02. The van der Waals surface area contributed by atoms with Crippen LogP contribution in [0, 0.1) is 11.8 Å². The van der Waals surface area contributed by atoms with Gasteiger partial charge in [0.15, 0.2) is 0 Å². The van der Waals surface area contributed by atoms with Gasteiger partial charge in [-0.25, -0.2) is 0 Å². The molecule has 19 heavy (non-hydrogen) atoms. The molecule has 1 fully saturated rings. The van der Waals surface area contributed by atoms with Gasteiger partial charge in [-0.1, -0.05) is 19.4 Å². The molecule has 112 valence electrons. The van der Waals surface area contributed by atoms with Crippen LogP contribution in [-0.2, 0) is 0 Å². The monoisotopic (exact) mass is 277 g/mol. The second-order valence-corrected chi connectivity index (χ2v) is 5.59. The van der Waals surface area contributed by atoms with Crippen LogP contribution >= 0.6 is 0 Å². The van der Waals surface area contributed by atoms with Gasteiger partial charge in [-0.05, 0) is 51.0 Å². The molecule has 1 nitrogen and oxygen atoms in total. The number of hydrogen-bond donors (Lipinski definition) is 1. The normalized spacial score (nSPS) is 26.1. The maximum absolute atomic E-state index is 12.8. The lowest BCUT2D eigenvalue weighted by molar-refractivity contribution is -0.186. The second-order valence-electron chi connectivity index (χ2n) is 5.59. The molecule has 4 heteroatoms. The van der Waals surface area contributed by atoms with Crippen LogP contribution in [-0.4, -0.2) is 18.8 Å². The van der Waals surface area contributed by atoms with Gasteiger partial charge < -0.3 is 5.32 Å². The van der Waals surface area contributed by atoms with E-state index in [0.717, 1.165) is 32.2 Å². The lowest BCUT2D eigenvalue weighted by Gasteiger charge is -2.36. The van der Waals surface area contributed by atoms with Crippen molar-refractivity contribution in [2.45, 2.75) is 64.1 Å². The van der Waals surface area contributed by atoms with E-state index >= 15 is 0 Å². The van der Waals surface area contributed by atoms with E-state index in [-0.39, 0.29) is 12.0 Å². The fraction of sp³-hybridized carbons (Fsp3) is 0.867. The van der Waals surface area contributed by atoms with Gasteiger partial charge in [0.25, 0.3) is 0 Å². The topological polar surface area (TPSA) is 12.0 Å². The molecule has 0 radical (unpaired) electrons. The van der Waals surface area contributed by atoms with Gasteiger partial charge in [-0.2, -0.15) is 13.2 Å². The van der Waals surface area contributed by atoms with Crippen molar-refractivity contribution in [1.29, 1.82) is 0 Å². The molecule has 1 aliphatic carbocycles. The van der Waals surface area contributed by atoms with Crippen molar-refractivity contribution in [3.8, 4) is 0 Å². The summed E-state index contributed by atoms with van der Waals surface area (Å²) in [6.45, 7) is 6.67. The van der Waals surface area contributed by atoms with Crippen LogP contribution in [0.5, 0.6) is 0 Å². The molecular weight excluding hydrogens is 251 g/mol.